The Hall–Kier alpha value is -0.400. The van der Waals surface area contributed by atoms with Crippen LogP contribution in [0.5, 0.6) is 0 Å². The van der Waals surface area contributed by atoms with Crippen molar-refractivity contribution in [1.29, 1.82) is 0 Å². The molecule has 11 nitrogen and oxygen atoms in total. The molecule has 0 atom stereocenters. The lowest BCUT2D eigenvalue weighted by Crippen LogP contribution is -2.48. The number of rotatable bonds is 7. The van der Waals surface area contributed by atoms with Crippen LogP contribution < -0.4 is 0 Å². The van der Waals surface area contributed by atoms with Gasteiger partial charge in [0.15, 0.2) is 9.98 Å². The molecule has 270 valence electrons. The molecule has 5 fully saturated rings. The molecule has 15 heteroatoms. The van der Waals surface area contributed by atoms with Crippen LogP contribution in [0.15, 0.2) is 21.6 Å². The van der Waals surface area contributed by atoms with Crippen molar-refractivity contribution in [3.05, 3.63) is 23.5 Å². The van der Waals surface area contributed by atoms with Crippen LogP contribution in [0.1, 0.15) is 64.3 Å². The van der Waals surface area contributed by atoms with Gasteiger partial charge in [-0.15, -0.1) is 0 Å². The smallest absolute Gasteiger partial charge is 0.151 e. The molecule has 6 rings (SSSR count). The van der Waals surface area contributed by atoms with Gasteiger partial charge in [-0.3, -0.25) is 18.7 Å². The Labute approximate surface area is 299 Å². The summed E-state index contributed by atoms with van der Waals surface area (Å²) in [5.41, 5.74) is 2.37. The monoisotopic (exact) mass is 741 g/mol. The molecule has 0 N–H and O–H groups in total. The van der Waals surface area contributed by atoms with Gasteiger partial charge in [0.25, 0.3) is 0 Å². The molecular weight excluding hydrogens is 684 g/mol. The normalized spacial score (nSPS) is 24.0. The van der Waals surface area contributed by atoms with Crippen LogP contribution in [0.25, 0.3) is 0 Å². The molecular formula is C33H57N7O4P2S2. The van der Waals surface area contributed by atoms with Gasteiger partial charge in [-0.25, -0.2) is 9.49 Å². The zero-order valence-corrected chi connectivity index (χ0v) is 33.0. The average Bonchev–Trinajstić information content (AvgIpc) is 3.52. The van der Waals surface area contributed by atoms with Crippen molar-refractivity contribution < 1.29 is 18.9 Å². The lowest BCUT2D eigenvalue weighted by Gasteiger charge is -2.52. The van der Waals surface area contributed by atoms with E-state index < -0.39 is 14.7 Å². The average molecular weight is 742 g/mol. The van der Waals surface area contributed by atoms with Crippen molar-refractivity contribution in [3.63, 3.8) is 0 Å². The predicted octanol–water partition coefficient (Wildman–Crippen LogP) is 5.90. The summed E-state index contributed by atoms with van der Waals surface area (Å²) < 4.78 is 47.5. The third kappa shape index (κ3) is 7.55. The fourth-order valence-electron chi connectivity index (χ4n) is 8.25. The molecule has 0 aromatic carbocycles. The van der Waals surface area contributed by atoms with E-state index in [-0.39, 0.29) is 5.16 Å². The van der Waals surface area contributed by atoms with Gasteiger partial charge >= 0.3 is 0 Å². The second kappa shape index (κ2) is 16.5. The first kappa shape index (κ1) is 37.4. The Morgan fingerprint density at radius 2 is 1.00 bits per heavy atom. The van der Waals surface area contributed by atoms with Gasteiger partial charge < -0.3 is 23.5 Å². The predicted molar refractivity (Wildman–Crippen MR) is 204 cm³/mol. The topological polar surface area (TPSA) is 79.5 Å². The van der Waals surface area contributed by atoms with Gasteiger partial charge in [0.05, 0.1) is 64.2 Å². The van der Waals surface area contributed by atoms with Gasteiger partial charge in [-0.05, 0) is 25.0 Å². The third-order valence-corrected chi connectivity index (χ3v) is 20.5. The van der Waals surface area contributed by atoms with Crippen LogP contribution in [0.3, 0.4) is 0 Å². The maximum Gasteiger partial charge on any atom is 0.151 e. The number of hydrogen-bond donors (Lipinski definition) is 0. The summed E-state index contributed by atoms with van der Waals surface area (Å²) in [4.78, 5) is 1.32. The number of thiocarbonyl (C=S) groups is 2. The van der Waals surface area contributed by atoms with E-state index in [0.717, 1.165) is 90.2 Å². The van der Waals surface area contributed by atoms with Gasteiger partial charge in [-0.1, -0.05) is 64.5 Å². The Morgan fingerprint density at radius 1 is 0.625 bits per heavy atom. The molecule has 5 aliphatic rings. The summed E-state index contributed by atoms with van der Waals surface area (Å²) in [6.07, 6.45) is 6.24. The highest BCUT2D eigenvalue weighted by Gasteiger charge is 2.46. The van der Waals surface area contributed by atoms with E-state index >= 15 is 0 Å². The molecule has 1 aromatic rings. The van der Waals surface area contributed by atoms with Crippen molar-refractivity contribution in [3.8, 4) is 0 Å². The van der Waals surface area contributed by atoms with Crippen LogP contribution in [0.4, 0.5) is 0 Å². The summed E-state index contributed by atoms with van der Waals surface area (Å²) in [6, 6.07) is 4.24. The van der Waals surface area contributed by atoms with Crippen molar-refractivity contribution >= 4 is 49.1 Å². The summed E-state index contributed by atoms with van der Waals surface area (Å²) in [7, 11) is -2.39. The maximum atomic E-state index is 6.35. The first-order valence-electron chi connectivity index (χ1n) is 18.0. The molecule has 5 heterocycles. The maximum absolute atomic E-state index is 6.35. The van der Waals surface area contributed by atoms with E-state index in [4.69, 9.17) is 52.9 Å². The minimum atomic E-state index is -2.29. The molecule has 0 unspecified atom stereocenters. The first-order valence-corrected chi connectivity index (χ1v) is 22.2. The molecule has 0 bridgehead atoms. The van der Waals surface area contributed by atoms with Crippen LogP contribution in [-0.4, -0.2) is 149 Å². The van der Waals surface area contributed by atoms with E-state index in [2.05, 4.69) is 63.2 Å². The van der Waals surface area contributed by atoms with Gasteiger partial charge in [-0.2, -0.15) is 0 Å². The summed E-state index contributed by atoms with van der Waals surface area (Å²) in [5.74, 6) is 0. The fourth-order valence-corrected chi connectivity index (χ4v) is 18.4. The zero-order chi connectivity index (χ0) is 33.8. The highest BCUT2D eigenvalue weighted by atomic mass is 32.1. The van der Waals surface area contributed by atoms with E-state index in [1.54, 1.807) is 0 Å². The molecule has 1 aromatic heterocycles. The summed E-state index contributed by atoms with van der Waals surface area (Å²) >= 11 is 12.6. The SMILES string of the molecule is Cn1c(C(=S)N=P(C2CCCCC2)(N2CCOCC2)N2CCOCC2)ccc1C(=S)N=P(N1CCOCC1)(N1CCOCC1)C(C)(C)C. The molecule has 4 saturated heterocycles. The Morgan fingerprint density at radius 3 is 1.40 bits per heavy atom. The van der Waals surface area contributed by atoms with Crippen LogP contribution in [0.2, 0.25) is 0 Å². The number of nitrogens with zero attached hydrogens (tertiary/aromatic N) is 7. The lowest BCUT2D eigenvalue weighted by atomic mass is 10.0. The van der Waals surface area contributed by atoms with Gasteiger partial charge in [0, 0.05) is 70.2 Å². The third-order valence-electron chi connectivity index (χ3n) is 10.6. The number of aromatic nitrogens is 1. The van der Waals surface area contributed by atoms with E-state index in [1.165, 1.54) is 32.1 Å². The quantitative estimate of drug-likeness (QED) is 0.249. The summed E-state index contributed by atoms with van der Waals surface area (Å²) in [6.45, 7) is 19.8. The second-order valence-electron chi connectivity index (χ2n) is 14.4. The minimum Gasteiger partial charge on any atom is -0.379 e. The molecule has 48 heavy (non-hydrogen) atoms. The number of hydrogen-bond acceptors (Lipinski definition) is 6. The van der Waals surface area contributed by atoms with Crippen molar-refractivity contribution in [1.82, 2.24) is 23.2 Å². The van der Waals surface area contributed by atoms with Crippen LogP contribution in [0, 0.1) is 0 Å². The highest BCUT2D eigenvalue weighted by Crippen LogP contribution is 2.67. The van der Waals surface area contributed by atoms with E-state index in [9.17, 15) is 0 Å². The number of ether oxygens (including phenoxy) is 4. The lowest BCUT2D eigenvalue weighted by molar-refractivity contribution is 0.0551. The molecule has 0 radical (unpaired) electrons. The first-order chi connectivity index (χ1) is 23.2. The highest BCUT2D eigenvalue weighted by molar-refractivity contribution is 7.81. The van der Waals surface area contributed by atoms with Crippen molar-refractivity contribution in [2.24, 2.45) is 16.5 Å². The van der Waals surface area contributed by atoms with Gasteiger partial charge in [0.2, 0.25) is 0 Å². The second-order valence-corrected chi connectivity index (χ2v) is 22.3. The van der Waals surface area contributed by atoms with E-state index in [1.807, 2.05) is 0 Å². The van der Waals surface area contributed by atoms with Crippen molar-refractivity contribution in [2.75, 3.05) is 105 Å². The molecule has 0 amide bonds. The minimum absolute atomic E-state index is 0.120. The Bertz CT molecular complexity index is 1310. The molecule has 0 spiro atoms. The number of morpholine rings is 4. The largest absolute Gasteiger partial charge is 0.379 e. The zero-order valence-electron chi connectivity index (χ0n) is 29.6. The van der Waals surface area contributed by atoms with Crippen LogP contribution >= 0.6 is 39.1 Å². The van der Waals surface area contributed by atoms with Crippen LogP contribution in [-0.2, 0) is 26.0 Å². The van der Waals surface area contributed by atoms with Gasteiger partial charge in [0.1, 0.15) is 14.7 Å². The van der Waals surface area contributed by atoms with Crippen molar-refractivity contribution in [2.45, 2.75) is 63.7 Å². The standard InChI is InChI=1S/C33H57N7O4P2S2/c1-33(2,3)46(39-16-24-43-25-17-39,40-18-26-44-27-19-40)35-32(48)30-11-10-29(36(30)4)31(47)34-45(28-8-6-5-7-9-28,37-12-20-41-21-13-37)38-14-22-42-23-15-38/h10-11,28H,5-9,12-27H2,1-4H3. The Kier molecular flexibility index (Phi) is 12.9. The Balaban J connectivity index is 1.41. The summed E-state index contributed by atoms with van der Waals surface area (Å²) in [5, 5.41) is -0.120. The molecule has 1 saturated carbocycles. The fraction of sp³-hybridized carbons (Fsp3) is 0.818. The van der Waals surface area contributed by atoms with E-state index in [0.29, 0.717) is 42.1 Å². The molecule has 1 aliphatic carbocycles. The molecule has 4 aliphatic heterocycles.